The molecule has 0 atom stereocenters. The number of fused-ring (bicyclic) bond motifs is 1. The molecule has 0 bridgehead atoms. The highest BCUT2D eigenvalue weighted by Crippen LogP contribution is 2.31. The molecular formula is C15H13NOS2. The van der Waals surface area contributed by atoms with Crippen LogP contribution in [0.5, 0.6) is 0 Å². The molecule has 2 aromatic heterocycles. The second-order valence-electron chi connectivity index (χ2n) is 4.37. The molecule has 0 aliphatic carbocycles. The standard InChI is InChI=1S/C15H13NOS2/c1-2-3-12(17)14-7-6-13(19-14)10-4-5-11-15(8-10)18-9-16-11/h4-9H,2-3H2,1H3. The zero-order valence-electron chi connectivity index (χ0n) is 10.6. The van der Waals surface area contributed by atoms with Crippen LogP contribution >= 0.6 is 22.7 Å². The molecule has 0 unspecified atom stereocenters. The van der Waals surface area contributed by atoms with Crippen molar-refractivity contribution in [3.05, 3.63) is 40.7 Å². The second kappa shape index (κ2) is 5.23. The molecule has 0 saturated carbocycles. The van der Waals surface area contributed by atoms with E-state index in [2.05, 4.69) is 17.1 Å². The first-order valence-electron chi connectivity index (χ1n) is 6.24. The van der Waals surface area contributed by atoms with E-state index in [0.29, 0.717) is 6.42 Å². The number of hydrogen-bond donors (Lipinski definition) is 0. The third-order valence-corrected chi connectivity index (χ3v) is 4.94. The molecule has 0 spiro atoms. The summed E-state index contributed by atoms with van der Waals surface area (Å²) in [4.78, 5) is 18.2. The highest BCUT2D eigenvalue weighted by Gasteiger charge is 2.10. The van der Waals surface area contributed by atoms with Gasteiger partial charge in [-0.2, -0.15) is 0 Å². The van der Waals surface area contributed by atoms with E-state index in [4.69, 9.17) is 0 Å². The molecule has 4 heteroatoms. The molecule has 1 aromatic carbocycles. The second-order valence-corrected chi connectivity index (χ2v) is 6.34. The molecule has 19 heavy (non-hydrogen) atoms. The monoisotopic (exact) mass is 287 g/mol. The molecule has 2 nitrogen and oxygen atoms in total. The summed E-state index contributed by atoms with van der Waals surface area (Å²) in [7, 11) is 0. The van der Waals surface area contributed by atoms with Gasteiger partial charge in [0, 0.05) is 11.3 Å². The van der Waals surface area contributed by atoms with Gasteiger partial charge in [-0.1, -0.05) is 13.0 Å². The molecule has 96 valence electrons. The lowest BCUT2D eigenvalue weighted by molar-refractivity contribution is 0.0985. The third-order valence-electron chi connectivity index (χ3n) is 2.97. The van der Waals surface area contributed by atoms with Gasteiger partial charge in [0.2, 0.25) is 0 Å². The van der Waals surface area contributed by atoms with Crippen molar-refractivity contribution in [2.75, 3.05) is 0 Å². The van der Waals surface area contributed by atoms with Crippen LogP contribution in [0.3, 0.4) is 0 Å². The van der Waals surface area contributed by atoms with Crippen LogP contribution in [0.15, 0.2) is 35.8 Å². The van der Waals surface area contributed by atoms with Crippen molar-refractivity contribution in [2.45, 2.75) is 19.8 Å². The van der Waals surface area contributed by atoms with Gasteiger partial charge in [0.25, 0.3) is 0 Å². The number of thiazole rings is 1. The Kier molecular flexibility index (Phi) is 3.44. The van der Waals surface area contributed by atoms with E-state index in [1.807, 2.05) is 30.6 Å². The van der Waals surface area contributed by atoms with Crippen molar-refractivity contribution in [3.8, 4) is 10.4 Å². The van der Waals surface area contributed by atoms with Gasteiger partial charge in [-0.25, -0.2) is 4.98 Å². The number of aromatic nitrogens is 1. The summed E-state index contributed by atoms with van der Waals surface area (Å²) in [6.45, 7) is 2.03. The van der Waals surface area contributed by atoms with E-state index in [9.17, 15) is 4.79 Å². The van der Waals surface area contributed by atoms with Gasteiger partial charge in [-0.05, 0) is 36.2 Å². The molecule has 0 aliphatic heterocycles. The number of nitrogens with zero attached hydrogens (tertiary/aromatic N) is 1. The first-order valence-corrected chi connectivity index (χ1v) is 7.94. The Hall–Kier alpha value is -1.52. The number of ketones is 1. The molecule has 0 saturated heterocycles. The van der Waals surface area contributed by atoms with E-state index in [1.54, 1.807) is 22.7 Å². The first kappa shape index (κ1) is 12.5. The lowest BCUT2D eigenvalue weighted by Crippen LogP contribution is -1.93. The van der Waals surface area contributed by atoms with E-state index in [-0.39, 0.29) is 5.78 Å². The fourth-order valence-corrected chi connectivity index (χ4v) is 3.69. The minimum absolute atomic E-state index is 0.248. The summed E-state index contributed by atoms with van der Waals surface area (Å²) in [5.74, 6) is 0.248. The SMILES string of the molecule is CCCC(=O)c1ccc(-c2ccc3ncsc3c2)s1. The predicted molar refractivity (Wildman–Crippen MR) is 82.2 cm³/mol. The van der Waals surface area contributed by atoms with Crippen LogP contribution < -0.4 is 0 Å². The van der Waals surface area contributed by atoms with Gasteiger partial charge < -0.3 is 0 Å². The predicted octanol–water partition coefficient (Wildman–Crippen LogP) is 5.01. The Labute approximate surface area is 119 Å². The quantitative estimate of drug-likeness (QED) is 0.631. The number of carbonyl (C=O) groups is 1. The Morgan fingerprint density at radius 2 is 2.16 bits per heavy atom. The van der Waals surface area contributed by atoms with Crippen LogP contribution in [0, 0.1) is 0 Å². The number of rotatable bonds is 4. The highest BCUT2D eigenvalue weighted by atomic mass is 32.1. The molecule has 2 heterocycles. The van der Waals surface area contributed by atoms with Crippen molar-refractivity contribution >= 4 is 38.7 Å². The van der Waals surface area contributed by atoms with Crippen LogP contribution in [0.25, 0.3) is 20.7 Å². The van der Waals surface area contributed by atoms with Crippen molar-refractivity contribution in [2.24, 2.45) is 0 Å². The van der Waals surface area contributed by atoms with E-state index >= 15 is 0 Å². The Bertz CT molecular complexity index is 726. The topological polar surface area (TPSA) is 30.0 Å². The smallest absolute Gasteiger partial charge is 0.172 e. The lowest BCUT2D eigenvalue weighted by Gasteiger charge is -1.97. The van der Waals surface area contributed by atoms with Gasteiger partial charge >= 0.3 is 0 Å². The highest BCUT2D eigenvalue weighted by molar-refractivity contribution is 7.18. The molecule has 0 aliphatic rings. The molecule has 0 radical (unpaired) electrons. The molecule has 0 fully saturated rings. The Balaban J connectivity index is 1.95. The lowest BCUT2D eigenvalue weighted by atomic mass is 10.1. The van der Waals surface area contributed by atoms with Gasteiger partial charge in [0.1, 0.15) is 0 Å². The molecule has 3 rings (SSSR count). The largest absolute Gasteiger partial charge is 0.293 e. The van der Waals surface area contributed by atoms with Gasteiger partial charge in [0.05, 0.1) is 20.6 Å². The minimum Gasteiger partial charge on any atom is -0.293 e. The molecular weight excluding hydrogens is 274 g/mol. The van der Waals surface area contributed by atoms with Crippen LogP contribution in [-0.2, 0) is 0 Å². The van der Waals surface area contributed by atoms with E-state index in [1.165, 1.54) is 4.70 Å². The Morgan fingerprint density at radius 3 is 3.00 bits per heavy atom. The Morgan fingerprint density at radius 1 is 1.26 bits per heavy atom. The van der Waals surface area contributed by atoms with Gasteiger partial charge in [0.15, 0.2) is 5.78 Å². The molecule has 0 N–H and O–H groups in total. The summed E-state index contributed by atoms with van der Waals surface area (Å²) in [6.07, 6.45) is 1.53. The van der Waals surface area contributed by atoms with Crippen LogP contribution in [0.4, 0.5) is 0 Å². The fourth-order valence-electron chi connectivity index (χ4n) is 2.00. The fraction of sp³-hybridized carbons (Fsp3) is 0.200. The zero-order chi connectivity index (χ0) is 13.2. The average Bonchev–Trinajstić information content (AvgIpc) is 3.07. The molecule has 3 aromatic rings. The zero-order valence-corrected chi connectivity index (χ0v) is 12.2. The summed E-state index contributed by atoms with van der Waals surface area (Å²) >= 11 is 3.22. The van der Waals surface area contributed by atoms with Crippen molar-refractivity contribution < 1.29 is 4.79 Å². The van der Waals surface area contributed by atoms with Crippen molar-refractivity contribution in [1.82, 2.24) is 4.98 Å². The maximum Gasteiger partial charge on any atom is 0.172 e. The first-order chi connectivity index (χ1) is 9.28. The third kappa shape index (κ3) is 2.46. The number of hydrogen-bond acceptors (Lipinski definition) is 4. The molecule has 0 amide bonds. The summed E-state index contributed by atoms with van der Waals surface area (Å²) in [6, 6.07) is 10.2. The average molecular weight is 287 g/mol. The van der Waals surface area contributed by atoms with Crippen LogP contribution in [0.2, 0.25) is 0 Å². The van der Waals surface area contributed by atoms with E-state index < -0.39 is 0 Å². The van der Waals surface area contributed by atoms with Crippen molar-refractivity contribution in [3.63, 3.8) is 0 Å². The van der Waals surface area contributed by atoms with E-state index in [0.717, 1.165) is 27.3 Å². The normalized spacial score (nSPS) is 11.0. The number of carbonyl (C=O) groups excluding carboxylic acids is 1. The number of thiophene rings is 1. The van der Waals surface area contributed by atoms with Crippen LogP contribution in [-0.4, -0.2) is 10.8 Å². The number of benzene rings is 1. The maximum atomic E-state index is 11.9. The maximum absolute atomic E-state index is 11.9. The van der Waals surface area contributed by atoms with Crippen LogP contribution in [0.1, 0.15) is 29.4 Å². The van der Waals surface area contributed by atoms with Gasteiger partial charge in [-0.15, -0.1) is 22.7 Å². The van der Waals surface area contributed by atoms with Crippen molar-refractivity contribution in [1.29, 1.82) is 0 Å². The number of Topliss-reactive ketones (excluding diaryl/α,β-unsaturated/α-hetero) is 1. The minimum atomic E-state index is 0.248. The summed E-state index contributed by atoms with van der Waals surface area (Å²) in [5.41, 5.74) is 4.06. The summed E-state index contributed by atoms with van der Waals surface area (Å²) in [5, 5.41) is 0. The van der Waals surface area contributed by atoms with Gasteiger partial charge in [-0.3, -0.25) is 4.79 Å². The summed E-state index contributed by atoms with van der Waals surface area (Å²) < 4.78 is 1.19.